The quantitative estimate of drug-likeness (QED) is 0.871. The molecule has 18 heavy (non-hydrogen) atoms. The van der Waals surface area contributed by atoms with E-state index in [-0.39, 0.29) is 6.42 Å². The van der Waals surface area contributed by atoms with E-state index in [4.69, 9.17) is 5.11 Å². The Labute approximate surface area is 106 Å². The lowest BCUT2D eigenvalue weighted by molar-refractivity contribution is -0.137. The molecule has 0 atom stereocenters. The van der Waals surface area contributed by atoms with E-state index >= 15 is 0 Å². The summed E-state index contributed by atoms with van der Waals surface area (Å²) in [7, 11) is 0. The van der Waals surface area contributed by atoms with Crippen LogP contribution in [-0.4, -0.2) is 15.6 Å². The van der Waals surface area contributed by atoms with Crippen molar-refractivity contribution < 1.29 is 9.90 Å². The summed E-state index contributed by atoms with van der Waals surface area (Å²) in [4.78, 5) is 10.7. The molecule has 1 heterocycles. The Morgan fingerprint density at radius 1 is 1.28 bits per heavy atom. The van der Waals surface area contributed by atoms with Gasteiger partial charge in [0.25, 0.3) is 0 Å². The van der Waals surface area contributed by atoms with Gasteiger partial charge in [-0.15, -0.1) is 0 Å². The van der Waals surface area contributed by atoms with Crippen LogP contribution in [0.2, 0.25) is 0 Å². The third-order valence-corrected chi connectivity index (χ3v) is 3.00. The van der Waals surface area contributed by atoms with Gasteiger partial charge in [-0.1, -0.05) is 37.4 Å². The molecule has 0 spiro atoms. The molecule has 3 heteroatoms. The molecule has 0 aliphatic carbocycles. The summed E-state index contributed by atoms with van der Waals surface area (Å²) in [6, 6.07) is 7.90. The van der Waals surface area contributed by atoms with Gasteiger partial charge in [0.2, 0.25) is 0 Å². The molecular formula is C15H15NO2. The maximum absolute atomic E-state index is 10.7. The number of fused-ring (bicyclic) bond motifs is 1. The Balaban J connectivity index is 2.65. The van der Waals surface area contributed by atoms with E-state index in [1.807, 2.05) is 28.8 Å². The molecule has 0 radical (unpaired) electrons. The summed E-state index contributed by atoms with van der Waals surface area (Å²) in [6.45, 7) is 8.06. The highest BCUT2D eigenvalue weighted by Crippen LogP contribution is 2.28. The number of carboxylic acids is 1. The topological polar surface area (TPSA) is 42.2 Å². The minimum absolute atomic E-state index is 0.0934. The zero-order chi connectivity index (χ0) is 13.1. The Morgan fingerprint density at radius 2 is 2.00 bits per heavy atom. The third kappa shape index (κ3) is 1.95. The van der Waals surface area contributed by atoms with Crippen LogP contribution in [0, 0.1) is 0 Å². The average molecular weight is 241 g/mol. The van der Waals surface area contributed by atoms with Crippen LogP contribution in [0.15, 0.2) is 37.4 Å². The van der Waals surface area contributed by atoms with E-state index in [9.17, 15) is 4.79 Å². The number of aromatic nitrogens is 1. The molecule has 1 aromatic heterocycles. The van der Waals surface area contributed by atoms with Crippen LogP contribution < -0.4 is 0 Å². The predicted molar refractivity (Wildman–Crippen MR) is 74.4 cm³/mol. The van der Waals surface area contributed by atoms with Gasteiger partial charge in [0.15, 0.2) is 0 Å². The maximum atomic E-state index is 10.7. The molecule has 0 bridgehead atoms. The molecule has 0 saturated heterocycles. The molecule has 0 saturated carbocycles. The number of para-hydroxylation sites is 1. The van der Waals surface area contributed by atoms with Crippen LogP contribution in [0.4, 0.5) is 0 Å². The molecule has 1 aromatic carbocycles. The zero-order valence-corrected chi connectivity index (χ0v) is 10.1. The number of aryl methyl sites for hydroxylation is 1. The second-order valence-corrected chi connectivity index (χ2v) is 4.02. The van der Waals surface area contributed by atoms with Gasteiger partial charge >= 0.3 is 5.97 Å². The average Bonchev–Trinajstić information content (AvgIpc) is 2.69. The number of nitrogens with zero attached hydrogens (tertiary/aromatic N) is 1. The number of carboxylic acid groups (broad SMARTS) is 1. The summed E-state index contributed by atoms with van der Waals surface area (Å²) in [5, 5.41) is 9.89. The SMILES string of the molecule is C=Cc1c(C=C)n(CCC(=O)O)c2ccccc12. The first-order valence-corrected chi connectivity index (χ1v) is 5.77. The van der Waals surface area contributed by atoms with Crippen molar-refractivity contribution in [1.29, 1.82) is 0 Å². The Bertz CT molecular complexity index is 623. The van der Waals surface area contributed by atoms with Gasteiger partial charge < -0.3 is 9.67 Å². The first-order chi connectivity index (χ1) is 8.69. The van der Waals surface area contributed by atoms with E-state index in [1.54, 1.807) is 12.2 Å². The molecule has 0 fully saturated rings. The van der Waals surface area contributed by atoms with Crippen molar-refractivity contribution in [2.45, 2.75) is 13.0 Å². The molecule has 2 rings (SSSR count). The normalized spacial score (nSPS) is 10.4. The van der Waals surface area contributed by atoms with Crippen LogP contribution in [0.3, 0.4) is 0 Å². The fourth-order valence-corrected chi connectivity index (χ4v) is 2.23. The number of rotatable bonds is 5. The number of carbonyl (C=O) groups is 1. The third-order valence-electron chi connectivity index (χ3n) is 3.00. The van der Waals surface area contributed by atoms with Gasteiger partial charge in [0.1, 0.15) is 0 Å². The summed E-state index contributed by atoms with van der Waals surface area (Å²) < 4.78 is 1.98. The summed E-state index contributed by atoms with van der Waals surface area (Å²) >= 11 is 0. The lowest BCUT2D eigenvalue weighted by atomic mass is 10.1. The van der Waals surface area contributed by atoms with Crippen molar-refractivity contribution >= 4 is 29.0 Å². The van der Waals surface area contributed by atoms with Crippen LogP contribution in [0.25, 0.3) is 23.1 Å². The fourth-order valence-electron chi connectivity index (χ4n) is 2.23. The Morgan fingerprint density at radius 3 is 2.61 bits per heavy atom. The monoisotopic (exact) mass is 241 g/mol. The van der Waals surface area contributed by atoms with Crippen LogP contribution in [0.1, 0.15) is 17.7 Å². The smallest absolute Gasteiger partial charge is 0.305 e. The molecule has 92 valence electrons. The summed E-state index contributed by atoms with van der Waals surface area (Å²) in [5.41, 5.74) is 2.95. The van der Waals surface area contributed by atoms with Crippen LogP contribution in [0.5, 0.6) is 0 Å². The fraction of sp³-hybridized carbons (Fsp3) is 0.133. The second-order valence-electron chi connectivity index (χ2n) is 4.02. The molecule has 2 aromatic rings. The summed E-state index contributed by atoms with van der Waals surface area (Å²) in [6.07, 6.45) is 3.63. The Kier molecular flexibility index (Phi) is 3.33. The van der Waals surface area contributed by atoms with E-state index in [2.05, 4.69) is 13.2 Å². The molecule has 1 N–H and O–H groups in total. The van der Waals surface area contributed by atoms with Gasteiger partial charge in [0.05, 0.1) is 6.42 Å². The number of benzene rings is 1. The molecule has 0 aliphatic heterocycles. The molecule has 3 nitrogen and oxygen atoms in total. The van der Waals surface area contributed by atoms with E-state index in [0.717, 1.165) is 22.2 Å². The maximum Gasteiger partial charge on any atom is 0.305 e. The predicted octanol–water partition coefficient (Wildman–Crippen LogP) is 3.40. The van der Waals surface area contributed by atoms with Crippen molar-refractivity contribution in [3.05, 3.63) is 48.7 Å². The first-order valence-electron chi connectivity index (χ1n) is 5.77. The number of hydrogen-bond acceptors (Lipinski definition) is 1. The van der Waals surface area contributed by atoms with Crippen molar-refractivity contribution in [3.63, 3.8) is 0 Å². The summed E-state index contributed by atoms with van der Waals surface area (Å²) in [5.74, 6) is -0.803. The van der Waals surface area contributed by atoms with Gasteiger partial charge in [-0.3, -0.25) is 4.79 Å². The first kappa shape index (κ1) is 12.2. The van der Waals surface area contributed by atoms with Gasteiger partial charge in [-0.05, 0) is 12.1 Å². The van der Waals surface area contributed by atoms with E-state index < -0.39 is 5.97 Å². The molecule has 0 unspecified atom stereocenters. The highest BCUT2D eigenvalue weighted by Gasteiger charge is 2.12. The minimum atomic E-state index is -0.803. The lowest BCUT2D eigenvalue weighted by Crippen LogP contribution is -2.05. The molecule has 0 amide bonds. The standard InChI is InChI=1S/C15H15NO2/c1-3-11-12-7-5-6-8-14(12)16(13(11)4-2)10-9-15(17)18/h3-8H,1-2,9-10H2,(H,17,18). The highest BCUT2D eigenvalue weighted by molar-refractivity contribution is 5.93. The highest BCUT2D eigenvalue weighted by atomic mass is 16.4. The van der Waals surface area contributed by atoms with Crippen molar-refractivity contribution in [2.24, 2.45) is 0 Å². The number of aliphatic carboxylic acids is 1. The van der Waals surface area contributed by atoms with Crippen molar-refractivity contribution in [3.8, 4) is 0 Å². The minimum Gasteiger partial charge on any atom is -0.481 e. The van der Waals surface area contributed by atoms with Crippen LogP contribution >= 0.6 is 0 Å². The molecule has 0 aliphatic rings. The van der Waals surface area contributed by atoms with Gasteiger partial charge in [-0.25, -0.2) is 0 Å². The van der Waals surface area contributed by atoms with Crippen molar-refractivity contribution in [1.82, 2.24) is 4.57 Å². The van der Waals surface area contributed by atoms with E-state index in [1.165, 1.54) is 0 Å². The Hall–Kier alpha value is -2.29. The zero-order valence-electron chi connectivity index (χ0n) is 10.1. The van der Waals surface area contributed by atoms with Gasteiger partial charge in [-0.2, -0.15) is 0 Å². The van der Waals surface area contributed by atoms with Crippen molar-refractivity contribution in [2.75, 3.05) is 0 Å². The lowest BCUT2D eigenvalue weighted by Gasteiger charge is -2.06. The van der Waals surface area contributed by atoms with E-state index in [0.29, 0.717) is 6.54 Å². The second kappa shape index (κ2) is 4.92. The largest absolute Gasteiger partial charge is 0.481 e. The molecular weight excluding hydrogens is 226 g/mol. The van der Waals surface area contributed by atoms with Gasteiger partial charge in [0, 0.05) is 28.7 Å². The van der Waals surface area contributed by atoms with Crippen LogP contribution in [-0.2, 0) is 11.3 Å². The number of hydrogen-bond donors (Lipinski definition) is 1.